The first-order valence-corrected chi connectivity index (χ1v) is 27.8. The molecule has 3 aromatic carbocycles. The van der Waals surface area contributed by atoms with E-state index in [1.807, 2.05) is 45.0 Å². The number of carbonyl (C=O) groups excluding carboxylic acids is 5. The zero-order valence-electron chi connectivity index (χ0n) is 43.2. The van der Waals surface area contributed by atoms with Gasteiger partial charge in [0, 0.05) is 101 Å². The third-order valence-corrected chi connectivity index (χ3v) is 17.9. The predicted octanol–water partition coefficient (Wildman–Crippen LogP) is 5.25. The van der Waals surface area contributed by atoms with Crippen LogP contribution in [0.5, 0.6) is 0 Å². The van der Waals surface area contributed by atoms with Crippen molar-refractivity contribution >= 4 is 40.3 Å². The molecule has 16 nitrogen and oxygen atoms in total. The van der Waals surface area contributed by atoms with Gasteiger partial charge >= 0.3 is 0 Å². The maximum Gasteiger partial charge on any atom is 0.272 e. The number of amides is 5. The van der Waals surface area contributed by atoms with Gasteiger partial charge in [0.2, 0.25) is 17.7 Å². The molecule has 12 rings (SSSR count). The molecule has 1 aromatic heterocycles. The van der Waals surface area contributed by atoms with Gasteiger partial charge in [-0.2, -0.15) is 5.10 Å². The molecule has 8 fully saturated rings. The van der Waals surface area contributed by atoms with Gasteiger partial charge in [0.25, 0.3) is 17.4 Å². The third kappa shape index (κ3) is 11.1. The maximum absolute atomic E-state index is 15.2. The number of likely N-dealkylation sites (tertiary alicyclic amines) is 1. The molecule has 5 saturated heterocycles. The molecule has 3 saturated carbocycles. The topological polar surface area (TPSA) is 181 Å². The fraction of sp³-hybridized carbons (Fsp3) is 0.569. The van der Waals surface area contributed by atoms with Gasteiger partial charge in [-0.1, -0.05) is 55.7 Å². The van der Waals surface area contributed by atoms with E-state index < -0.39 is 23.2 Å². The lowest BCUT2D eigenvalue weighted by atomic mass is 9.65. The van der Waals surface area contributed by atoms with Crippen LogP contribution in [0.15, 0.2) is 71.5 Å². The molecule has 398 valence electrons. The summed E-state index contributed by atoms with van der Waals surface area (Å²) < 4.78 is 21.9. The molecule has 2 atom stereocenters. The van der Waals surface area contributed by atoms with Crippen molar-refractivity contribution in [1.29, 1.82) is 0 Å². The molecule has 75 heavy (non-hydrogen) atoms. The molecule has 0 spiro atoms. The second-order valence-electron chi connectivity index (χ2n) is 22.8. The third-order valence-electron chi connectivity index (χ3n) is 17.9. The number of H-pyrrole nitrogens is 1. The average Bonchev–Trinajstić information content (AvgIpc) is 4.30. The second kappa shape index (κ2) is 21.9. The van der Waals surface area contributed by atoms with E-state index in [2.05, 4.69) is 31.8 Å². The lowest BCUT2D eigenvalue weighted by Crippen LogP contribution is -2.64. The van der Waals surface area contributed by atoms with Crippen molar-refractivity contribution < 1.29 is 33.1 Å². The zero-order valence-corrected chi connectivity index (χ0v) is 43.2. The number of nitrogens with one attached hydrogen (secondary N) is 3. The lowest BCUT2D eigenvalue weighted by Gasteiger charge is -2.55. The molecule has 17 heteroatoms. The van der Waals surface area contributed by atoms with Crippen LogP contribution in [0.3, 0.4) is 0 Å². The Morgan fingerprint density at radius 3 is 2.21 bits per heavy atom. The number of aromatic nitrogens is 2. The van der Waals surface area contributed by atoms with Gasteiger partial charge in [0.05, 0.1) is 40.8 Å². The van der Waals surface area contributed by atoms with Gasteiger partial charge in [-0.05, 0) is 112 Å². The van der Waals surface area contributed by atoms with Crippen LogP contribution in [0.1, 0.15) is 127 Å². The fourth-order valence-electron chi connectivity index (χ4n) is 13.1. The van der Waals surface area contributed by atoms with Crippen molar-refractivity contribution in [2.45, 2.75) is 113 Å². The number of benzene rings is 3. The zero-order chi connectivity index (χ0) is 51.7. The quantitative estimate of drug-likeness (QED) is 0.151. The second-order valence-corrected chi connectivity index (χ2v) is 22.8. The molecule has 3 N–H and O–H groups in total. The average molecular weight is 1030 g/mol. The van der Waals surface area contributed by atoms with E-state index in [0.29, 0.717) is 112 Å². The number of halogens is 1. The Kier molecular flexibility index (Phi) is 14.9. The largest absolute Gasteiger partial charge is 0.373 e. The number of aromatic amines is 1. The Morgan fingerprint density at radius 2 is 1.48 bits per heavy atom. The van der Waals surface area contributed by atoms with Crippen LogP contribution in [0.2, 0.25) is 0 Å². The van der Waals surface area contributed by atoms with Crippen molar-refractivity contribution in [3.8, 4) is 0 Å². The highest BCUT2D eigenvalue weighted by Crippen LogP contribution is 2.50. The normalized spacial score (nSPS) is 25.1. The number of rotatable bonds is 14. The number of carbonyl (C=O) groups is 5. The lowest BCUT2D eigenvalue weighted by molar-refractivity contribution is -0.203. The van der Waals surface area contributed by atoms with Crippen molar-refractivity contribution in [2.24, 2.45) is 11.3 Å². The molecular weight excluding hydrogens is 954 g/mol. The van der Waals surface area contributed by atoms with Gasteiger partial charge < -0.3 is 35.0 Å². The van der Waals surface area contributed by atoms with Crippen LogP contribution in [0, 0.1) is 17.2 Å². The molecule has 6 heterocycles. The first-order valence-electron chi connectivity index (χ1n) is 27.8. The number of fused-ring (bicyclic) bond motifs is 4. The smallest absolute Gasteiger partial charge is 0.272 e. The van der Waals surface area contributed by atoms with Crippen molar-refractivity contribution in [3.05, 3.63) is 111 Å². The van der Waals surface area contributed by atoms with Gasteiger partial charge in [0.1, 0.15) is 11.9 Å². The number of piperazine rings is 2. The molecule has 3 aliphatic carbocycles. The molecule has 4 aromatic rings. The highest BCUT2D eigenvalue weighted by Gasteiger charge is 2.55. The fourth-order valence-corrected chi connectivity index (χ4v) is 13.1. The summed E-state index contributed by atoms with van der Waals surface area (Å²) in [6, 6.07) is 19.3. The standard InChI is InChI=1S/C58H72FN9O7/c59-48-18-15-39(33-49-45-13-4-5-14-46(45)53(71)63-62-49)32-47(48)54(72)65-28-30-67(31-29-65)56(74)57-19-21-58(22-20-57,75-38-57)37-64-24-26-66(27-25-64)55(73)51(40-8-2-1-3-9-40)61-52(70)42-11-6-10-41(34-42)43-12-7-23-68(36-43)50(69)35-60-44-16-17-44/h4-6,10-11,13-15,18,32,34,40,43-44,51,60H,1-3,7-9,12,16-17,19-31,33,35-38H2,(H,61,70)(H,63,71). The highest BCUT2D eigenvalue weighted by molar-refractivity contribution is 5.98. The summed E-state index contributed by atoms with van der Waals surface area (Å²) in [5, 5.41) is 14.6. The minimum absolute atomic E-state index is 0.00202. The molecule has 0 radical (unpaired) electrons. The number of piperidine rings is 1. The SMILES string of the molecule is O=C(NC(C(=O)N1CCN(CC23CCC(C(=O)N4CCN(C(=O)c5cc(Cc6n[nH]c(=O)c7ccccc67)ccc5F)CC4)(CC2)CO3)CC1)C1CCCCC1)c1cccc(C2CCCN(C(=O)CNC3CC3)C2)c1. The number of nitrogens with zero attached hydrogens (tertiary/aromatic N) is 6. The summed E-state index contributed by atoms with van der Waals surface area (Å²) in [5.41, 5.74) is 1.64. The van der Waals surface area contributed by atoms with E-state index in [9.17, 15) is 28.8 Å². The Bertz CT molecular complexity index is 2830. The van der Waals surface area contributed by atoms with E-state index in [1.165, 1.54) is 6.07 Å². The number of hydrogen-bond acceptors (Lipinski definition) is 10. The molecule has 2 unspecified atom stereocenters. The maximum atomic E-state index is 15.2. The van der Waals surface area contributed by atoms with Crippen molar-refractivity contribution in [3.63, 3.8) is 0 Å². The number of hydrogen-bond donors (Lipinski definition) is 3. The monoisotopic (exact) mass is 1030 g/mol. The highest BCUT2D eigenvalue weighted by atomic mass is 19.1. The summed E-state index contributed by atoms with van der Waals surface area (Å²) in [4.78, 5) is 91.8. The van der Waals surface area contributed by atoms with Gasteiger partial charge in [0.15, 0.2) is 0 Å². The van der Waals surface area contributed by atoms with E-state index in [0.717, 1.165) is 102 Å². The Morgan fingerprint density at radius 1 is 0.747 bits per heavy atom. The van der Waals surface area contributed by atoms with Crippen LogP contribution in [-0.4, -0.2) is 167 Å². The molecule has 5 aliphatic heterocycles. The van der Waals surface area contributed by atoms with E-state index in [4.69, 9.17) is 4.74 Å². The summed E-state index contributed by atoms with van der Waals surface area (Å²) in [5.74, 6) is -0.815. The first-order chi connectivity index (χ1) is 36.4. The van der Waals surface area contributed by atoms with Gasteiger partial charge in [-0.25, -0.2) is 9.49 Å². The van der Waals surface area contributed by atoms with Crippen LogP contribution >= 0.6 is 0 Å². The molecule has 8 aliphatic rings. The van der Waals surface area contributed by atoms with E-state index in [-0.39, 0.29) is 52.2 Å². The Hall–Kier alpha value is -6.04. The molecule has 2 bridgehead atoms. The van der Waals surface area contributed by atoms with Crippen molar-refractivity contribution in [1.82, 2.24) is 45.3 Å². The van der Waals surface area contributed by atoms with Crippen LogP contribution in [0.4, 0.5) is 4.39 Å². The minimum atomic E-state index is -0.613. The van der Waals surface area contributed by atoms with Gasteiger partial charge in [-0.3, -0.25) is 33.7 Å². The van der Waals surface area contributed by atoms with Crippen LogP contribution in [0.25, 0.3) is 10.8 Å². The Labute approximate surface area is 438 Å². The summed E-state index contributed by atoms with van der Waals surface area (Å²) in [6.45, 7) is 6.71. The minimum Gasteiger partial charge on any atom is -0.373 e. The van der Waals surface area contributed by atoms with E-state index in [1.54, 1.807) is 29.2 Å². The van der Waals surface area contributed by atoms with Gasteiger partial charge in [-0.15, -0.1) is 0 Å². The molecular formula is C58H72FN9O7. The van der Waals surface area contributed by atoms with E-state index >= 15 is 4.39 Å². The summed E-state index contributed by atoms with van der Waals surface area (Å²) in [6.07, 6.45) is 12.5. The summed E-state index contributed by atoms with van der Waals surface area (Å²) >= 11 is 0. The Balaban J connectivity index is 0.652. The molecule has 5 amide bonds. The number of ether oxygens (including phenoxy) is 1. The van der Waals surface area contributed by atoms with Crippen molar-refractivity contribution in [2.75, 3.05) is 85.1 Å². The predicted molar refractivity (Wildman–Crippen MR) is 281 cm³/mol. The summed E-state index contributed by atoms with van der Waals surface area (Å²) in [7, 11) is 0. The van der Waals surface area contributed by atoms with Crippen LogP contribution in [-0.2, 0) is 25.5 Å². The van der Waals surface area contributed by atoms with Crippen LogP contribution < -0.4 is 16.2 Å². The first kappa shape index (κ1) is 51.1.